The molecular weight excluding hydrogens is 578 g/mol. The molecule has 1 N–H and O–H groups in total. The first kappa shape index (κ1) is 27.8. The predicted molar refractivity (Wildman–Crippen MR) is 156 cm³/mol. The molecule has 0 radical (unpaired) electrons. The van der Waals surface area contributed by atoms with Crippen LogP contribution >= 0.6 is 11.3 Å². The van der Waals surface area contributed by atoms with Gasteiger partial charge in [0.1, 0.15) is 17.0 Å². The summed E-state index contributed by atoms with van der Waals surface area (Å²) in [4.78, 5) is 44.8. The quantitative estimate of drug-likeness (QED) is 0.188. The van der Waals surface area contributed by atoms with Crippen molar-refractivity contribution < 1.29 is 32.5 Å². The van der Waals surface area contributed by atoms with Crippen LogP contribution < -0.4 is 15.0 Å². The molecule has 0 bridgehead atoms. The Balaban J connectivity index is 1.25. The standard InChI is InChI=1S/C30H22F2N6O4S/c1-17(2)36-14-22(29(40)38(30(36)41)21-6-3-19(31)4-7-21)28(39)35-20-5-8-26(23(32)12-20)42-27-11-18(24-15-43-16-33-24)13-37-25(27)9-10-34-37/h3-17,22H,1-2H3/p+1. The molecule has 0 saturated carbocycles. The zero-order chi connectivity index (χ0) is 30.2. The maximum atomic E-state index is 15.3. The summed E-state index contributed by atoms with van der Waals surface area (Å²) in [7, 11) is 0. The zero-order valence-corrected chi connectivity index (χ0v) is 23.6. The number of carbonyl (C=O) groups is 3. The smallest absolute Gasteiger partial charge is 0.452 e. The molecule has 0 saturated heterocycles. The van der Waals surface area contributed by atoms with Crippen LogP contribution in [0.15, 0.2) is 77.9 Å². The number of rotatable bonds is 7. The van der Waals surface area contributed by atoms with Crippen LogP contribution in [0.3, 0.4) is 0 Å². The normalized spacial score (nSPS) is 15.2. The predicted octanol–water partition coefficient (Wildman–Crippen LogP) is 5.74. The number of amides is 4. The third kappa shape index (κ3) is 5.37. The average Bonchev–Trinajstić information content (AvgIpc) is 3.68. The van der Waals surface area contributed by atoms with E-state index in [1.54, 1.807) is 48.4 Å². The minimum Gasteiger partial charge on any atom is -0.452 e. The summed E-state index contributed by atoms with van der Waals surface area (Å²) in [5.41, 5.74) is 3.95. The number of imide groups is 1. The second-order valence-electron chi connectivity index (χ2n) is 9.92. The second-order valence-corrected chi connectivity index (χ2v) is 10.6. The van der Waals surface area contributed by atoms with Gasteiger partial charge >= 0.3 is 11.9 Å². The minimum absolute atomic E-state index is 0.0723. The Hall–Kier alpha value is -5.30. The van der Waals surface area contributed by atoms with Gasteiger partial charge in [-0.3, -0.25) is 4.79 Å². The number of aromatic nitrogens is 3. The first-order valence-electron chi connectivity index (χ1n) is 13.1. The third-order valence-electron chi connectivity index (χ3n) is 6.75. The molecule has 0 spiro atoms. The van der Waals surface area contributed by atoms with Crippen LogP contribution in [-0.4, -0.2) is 49.3 Å². The van der Waals surface area contributed by atoms with Crippen LogP contribution in [0.4, 0.5) is 25.0 Å². The van der Waals surface area contributed by atoms with Gasteiger partial charge in [0.25, 0.3) is 0 Å². The van der Waals surface area contributed by atoms with Crippen molar-refractivity contribution in [2.24, 2.45) is 5.92 Å². The maximum Gasteiger partial charge on any atom is 0.505 e. The van der Waals surface area contributed by atoms with Gasteiger partial charge in [0, 0.05) is 28.9 Å². The molecule has 4 heterocycles. The number of carbonyl (C=O) groups excluding carboxylic acids is 3. The largest absolute Gasteiger partial charge is 0.505 e. The van der Waals surface area contributed by atoms with Crippen LogP contribution in [0, 0.1) is 17.6 Å². The molecule has 4 amide bonds. The molecule has 6 rings (SSSR count). The van der Waals surface area contributed by atoms with Crippen molar-refractivity contribution in [3.05, 3.63) is 89.5 Å². The Morgan fingerprint density at radius 3 is 2.56 bits per heavy atom. The Bertz CT molecular complexity index is 1900. The highest BCUT2D eigenvalue weighted by molar-refractivity contribution is 7.07. The summed E-state index contributed by atoms with van der Waals surface area (Å²) in [5, 5.41) is 8.68. The van der Waals surface area contributed by atoms with Crippen LogP contribution in [-0.2, 0) is 9.59 Å². The fourth-order valence-corrected chi connectivity index (χ4v) is 5.17. The van der Waals surface area contributed by atoms with Crippen molar-refractivity contribution in [3.63, 3.8) is 0 Å². The number of halogens is 2. The summed E-state index contributed by atoms with van der Waals surface area (Å²) in [6, 6.07) is 11.1. The highest BCUT2D eigenvalue weighted by atomic mass is 32.1. The molecule has 0 aliphatic carbocycles. The molecular formula is C30H23F2N6O4S+. The van der Waals surface area contributed by atoms with E-state index in [4.69, 9.17) is 4.74 Å². The van der Waals surface area contributed by atoms with Crippen LogP contribution in [0.5, 0.6) is 11.5 Å². The number of fused-ring (bicyclic) bond motifs is 1. The van der Waals surface area contributed by atoms with Crippen molar-refractivity contribution in [1.29, 1.82) is 0 Å². The number of ether oxygens (including phenoxy) is 1. The van der Waals surface area contributed by atoms with Crippen LogP contribution in [0.2, 0.25) is 0 Å². The maximum absolute atomic E-state index is 15.3. The van der Waals surface area contributed by atoms with Crippen molar-refractivity contribution in [2.45, 2.75) is 19.9 Å². The lowest BCUT2D eigenvalue weighted by Gasteiger charge is -2.24. The molecule has 5 aromatic rings. The van der Waals surface area contributed by atoms with Crippen molar-refractivity contribution >= 4 is 52.3 Å². The number of hydrogen-bond acceptors (Lipinski definition) is 7. The van der Waals surface area contributed by atoms with E-state index in [0.29, 0.717) is 11.3 Å². The summed E-state index contributed by atoms with van der Waals surface area (Å²) in [5.74, 6) is -4.07. The van der Waals surface area contributed by atoms with E-state index in [1.165, 1.54) is 46.4 Å². The summed E-state index contributed by atoms with van der Waals surface area (Å²) in [6.45, 7) is 3.45. The first-order chi connectivity index (χ1) is 20.7. The lowest BCUT2D eigenvalue weighted by atomic mass is 10.0. The van der Waals surface area contributed by atoms with Crippen molar-refractivity contribution in [1.82, 2.24) is 14.6 Å². The molecule has 216 valence electrons. The summed E-state index contributed by atoms with van der Waals surface area (Å²) < 4.78 is 37.5. The molecule has 1 aliphatic rings. The van der Waals surface area contributed by atoms with E-state index >= 15 is 4.39 Å². The van der Waals surface area contributed by atoms with E-state index in [9.17, 15) is 18.8 Å². The molecule has 1 aliphatic heterocycles. The molecule has 10 nitrogen and oxygen atoms in total. The van der Waals surface area contributed by atoms with Gasteiger partial charge in [-0.15, -0.1) is 16.2 Å². The molecule has 1 atom stereocenters. The summed E-state index contributed by atoms with van der Waals surface area (Å²) in [6.07, 6.45) is 4.63. The van der Waals surface area contributed by atoms with Gasteiger partial charge in [-0.05, 0) is 62.4 Å². The Labute approximate surface area is 247 Å². The molecule has 43 heavy (non-hydrogen) atoms. The van der Waals surface area contributed by atoms with E-state index < -0.39 is 35.4 Å². The third-order valence-corrected chi connectivity index (χ3v) is 7.34. The van der Waals surface area contributed by atoms with Crippen LogP contribution in [0.1, 0.15) is 13.8 Å². The van der Waals surface area contributed by atoms with Gasteiger partial charge in [0.05, 0.1) is 29.7 Å². The number of hydrogen-bond donors (Lipinski definition) is 1. The SMILES string of the molecule is CC(C)[N+]1=CC(C(=O)Nc2ccc(Oc3cc(-c4cscn4)cn4nccc34)c(F)c2)C(=O)N(c2ccc(F)cc2)C1=O. The monoisotopic (exact) mass is 601 g/mol. The Morgan fingerprint density at radius 1 is 1.07 bits per heavy atom. The molecule has 2 aromatic carbocycles. The van der Waals surface area contributed by atoms with Crippen LogP contribution in [0.25, 0.3) is 16.8 Å². The van der Waals surface area contributed by atoms with Gasteiger partial charge < -0.3 is 10.1 Å². The van der Waals surface area contributed by atoms with Gasteiger partial charge in [-0.2, -0.15) is 14.5 Å². The Kier molecular flexibility index (Phi) is 7.24. The highest BCUT2D eigenvalue weighted by Crippen LogP contribution is 2.33. The molecule has 3 aromatic heterocycles. The molecule has 0 fully saturated rings. The number of anilines is 2. The first-order valence-corrected chi connectivity index (χ1v) is 14.0. The lowest BCUT2D eigenvalue weighted by molar-refractivity contribution is -0.459. The van der Waals surface area contributed by atoms with Gasteiger partial charge in [-0.25, -0.2) is 23.1 Å². The number of benzene rings is 2. The van der Waals surface area contributed by atoms with E-state index in [2.05, 4.69) is 15.4 Å². The lowest BCUT2D eigenvalue weighted by Crippen LogP contribution is -2.55. The number of nitrogens with zero attached hydrogens (tertiary/aromatic N) is 5. The van der Waals surface area contributed by atoms with E-state index in [0.717, 1.165) is 34.4 Å². The number of nitrogens with one attached hydrogen (secondary N) is 1. The molecule has 13 heteroatoms. The number of urea groups is 1. The van der Waals surface area contributed by atoms with Gasteiger partial charge in [-0.1, -0.05) is 0 Å². The minimum atomic E-state index is -1.41. The average molecular weight is 602 g/mol. The topological polar surface area (TPSA) is 109 Å². The molecule has 1 unspecified atom stereocenters. The fourth-order valence-electron chi connectivity index (χ4n) is 4.61. The summed E-state index contributed by atoms with van der Waals surface area (Å²) >= 11 is 1.44. The fraction of sp³-hybridized carbons (Fsp3) is 0.133. The zero-order valence-electron chi connectivity index (χ0n) is 22.8. The van der Waals surface area contributed by atoms with Gasteiger partial charge in [0.15, 0.2) is 23.2 Å². The van der Waals surface area contributed by atoms with E-state index in [-0.39, 0.29) is 23.2 Å². The van der Waals surface area contributed by atoms with Gasteiger partial charge in [0.2, 0.25) is 5.91 Å². The van der Waals surface area contributed by atoms with E-state index in [1.807, 2.05) is 5.38 Å². The van der Waals surface area contributed by atoms with Crippen molar-refractivity contribution in [2.75, 3.05) is 10.2 Å². The Morgan fingerprint density at radius 2 is 1.86 bits per heavy atom. The van der Waals surface area contributed by atoms with Crippen molar-refractivity contribution in [3.8, 4) is 22.8 Å². The second kappa shape index (κ2) is 11.2. The number of pyridine rings is 1. The number of thiazole rings is 1. The highest BCUT2D eigenvalue weighted by Gasteiger charge is 2.48.